The maximum Gasteiger partial charge on any atom is 0.237 e. The Bertz CT molecular complexity index is 798. The van der Waals surface area contributed by atoms with Gasteiger partial charge in [0.15, 0.2) is 10.8 Å². The number of hydrogen-bond acceptors (Lipinski definition) is 5. The lowest BCUT2D eigenvalue weighted by Crippen LogP contribution is -2.20. The molecule has 2 aromatic heterocycles. The number of hydrogen-bond donors (Lipinski definition) is 1. The molecule has 0 radical (unpaired) electrons. The molecule has 0 aliphatic carbocycles. The van der Waals surface area contributed by atoms with E-state index in [9.17, 15) is 9.00 Å². The molecule has 0 fully saturated rings. The molecule has 118 valence electrons. The van der Waals surface area contributed by atoms with Crippen molar-refractivity contribution in [1.82, 2.24) is 4.98 Å². The van der Waals surface area contributed by atoms with Crippen LogP contribution in [0.25, 0.3) is 10.8 Å². The van der Waals surface area contributed by atoms with Crippen molar-refractivity contribution in [2.75, 3.05) is 11.1 Å². The van der Waals surface area contributed by atoms with Gasteiger partial charge in [-0.2, -0.15) is 0 Å². The van der Waals surface area contributed by atoms with Crippen molar-refractivity contribution in [3.8, 4) is 10.8 Å². The van der Waals surface area contributed by atoms with E-state index in [2.05, 4.69) is 10.3 Å². The lowest BCUT2D eigenvalue weighted by atomic mass is 10.3. The van der Waals surface area contributed by atoms with Crippen LogP contribution >= 0.6 is 11.3 Å². The van der Waals surface area contributed by atoms with E-state index in [1.807, 2.05) is 29.6 Å². The van der Waals surface area contributed by atoms with Crippen LogP contribution in [0.3, 0.4) is 0 Å². The Hall–Kier alpha value is -2.25. The smallest absolute Gasteiger partial charge is 0.237 e. The van der Waals surface area contributed by atoms with Gasteiger partial charge in [-0.3, -0.25) is 9.00 Å². The van der Waals surface area contributed by atoms with E-state index in [-0.39, 0.29) is 17.4 Å². The third-order valence-electron chi connectivity index (χ3n) is 2.94. The van der Waals surface area contributed by atoms with Crippen molar-refractivity contribution < 1.29 is 13.4 Å². The molecule has 1 aromatic carbocycles. The molecule has 7 heteroatoms. The van der Waals surface area contributed by atoms with Gasteiger partial charge >= 0.3 is 0 Å². The Balaban J connectivity index is 1.54. The monoisotopic (exact) mass is 346 g/mol. The first-order valence-corrected chi connectivity index (χ1v) is 9.25. The fourth-order valence-corrected chi connectivity index (χ4v) is 3.80. The van der Waals surface area contributed by atoms with E-state index in [1.54, 1.807) is 24.5 Å². The lowest BCUT2D eigenvalue weighted by molar-refractivity contribution is -0.113. The SMILES string of the molecule is O=C(C[S@@](=O)Cc1csc(-c2ccco2)n1)Nc1ccccc1. The predicted molar refractivity (Wildman–Crippen MR) is 91.6 cm³/mol. The zero-order valence-corrected chi connectivity index (χ0v) is 13.7. The van der Waals surface area contributed by atoms with Gasteiger partial charge in [-0.15, -0.1) is 11.3 Å². The van der Waals surface area contributed by atoms with Crippen molar-refractivity contribution in [1.29, 1.82) is 0 Å². The molecule has 0 spiro atoms. The number of para-hydroxylation sites is 1. The minimum Gasteiger partial charge on any atom is -0.462 e. The molecule has 0 saturated carbocycles. The minimum absolute atomic E-state index is 0.0531. The second-order valence-electron chi connectivity index (χ2n) is 4.76. The summed E-state index contributed by atoms with van der Waals surface area (Å²) in [5.74, 6) is 0.618. The van der Waals surface area contributed by atoms with Crippen LogP contribution in [-0.4, -0.2) is 20.9 Å². The molecular weight excluding hydrogens is 332 g/mol. The molecule has 0 aliphatic rings. The number of carbonyl (C=O) groups excluding carboxylic acids is 1. The first-order valence-electron chi connectivity index (χ1n) is 6.89. The van der Waals surface area contributed by atoms with Crippen LogP contribution in [0.15, 0.2) is 58.5 Å². The van der Waals surface area contributed by atoms with Crippen LogP contribution in [-0.2, 0) is 21.3 Å². The van der Waals surface area contributed by atoms with Gasteiger partial charge in [-0.05, 0) is 24.3 Å². The van der Waals surface area contributed by atoms with Gasteiger partial charge in [-0.1, -0.05) is 18.2 Å². The average Bonchev–Trinajstić information content (AvgIpc) is 3.18. The van der Waals surface area contributed by atoms with Crippen LogP contribution in [0, 0.1) is 0 Å². The van der Waals surface area contributed by atoms with Crippen LogP contribution in [0.2, 0.25) is 0 Å². The van der Waals surface area contributed by atoms with Gasteiger partial charge < -0.3 is 9.73 Å². The second-order valence-corrected chi connectivity index (χ2v) is 7.08. The zero-order chi connectivity index (χ0) is 16.1. The van der Waals surface area contributed by atoms with Crippen molar-refractivity contribution >= 4 is 33.7 Å². The summed E-state index contributed by atoms with van der Waals surface area (Å²) in [6.07, 6.45) is 1.59. The summed E-state index contributed by atoms with van der Waals surface area (Å²) in [5.41, 5.74) is 1.40. The number of rotatable bonds is 6. The molecule has 2 heterocycles. The van der Waals surface area contributed by atoms with E-state index in [0.29, 0.717) is 17.1 Å². The standard InChI is InChI=1S/C16H14N2O3S2/c19-15(17-12-5-2-1-3-6-12)11-23(20)10-13-9-22-16(18-13)14-7-4-8-21-14/h1-9H,10-11H2,(H,17,19)/t23-/m0/s1. The summed E-state index contributed by atoms with van der Waals surface area (Å²) in [6.45, 7) is 0. The average molecular weight is 346 g/mol. The molecule has 3 aromatic rings. The Morgan fingerprint density at radius 2 is 2.04 bits per heavy atom. The van der Waals surface area contributed by atoms with Crippen LogP contribution in [0.5, 0.6) is 0 Å². The van der Waals surface area contributed by atoms with Gasteiger partial charge in [0.25, 0.3) is 0 Å². The summed E-state index contributed by atoms with van der Waals surface area (Å²) < 4.78 is 17.4. The molecule has 1 N–H and O–H groups in total. The number of anilines is 1. The maximum atomic E-state index is 12.1. The first-order chi connectivity index (χ1) is 11.2. The Kier molecular flexibility index (Phi) is 4.99. The highest BCUT2D eigenvalue weighted by atomic mass is 32.2. The molecule has 0 bridgehead atoms. The molecule has 23 heavy (non-hydrogen) atoms. The number of carbonyl (C=O) groups is 1. The molecule has 5 nitrogen and oxygen atoms in total. The summed E-state index contributed by atoms with van der Waals surface area (Å²) in [5, 5.41) is 5.31. The summed E-state index contributed by atoms with van der Waals surface area (Å²) in [6, 6.07) is 12.7. The van der Waals surface area contributed by atoms with Gasteiger partial charge in [0, 0.05) is 21.9 Å². The number of aromatic nitrogens is 1. The fourth-order valence-electron chi connectivity index (χ4n) is 1.97. The number of benzene rings is 1. The van der Waals surface area contributed by atoms with E-state index in [0.717, 1.165) is 5.01 Å². The summed E-state index contributed by atoms with van der Waals surface area (Å²) in [7, 11) is -1.31. The normalized spacial score (nSPS) is 12.0. The van der Waals surface area contributed by atoms with E-state index in [4.69, 9.17) is 4.42 Å². The Labute approximate surface area is 139 Å². The largest absolute Gasteiger partial charge is 0.462 e. The van der Waals surface area contributed by atoms with Crippen LogP contribution in [0.4, 0.5) is 5.69 Å². The molecule has 0 aliphatic heterocycles. The second kappa shape index (κ2) is 7.34. The molecule has 0 saturated heterocycles. The minimum atomic E-state index is -1.31. The van der Waals surface area contributed by atoms with Crippen molar-refractivity contribution in [3.63, 3.8) is 0 Å². The maximum absolute atomic E-state index is 12.1. The number of furan rings is 1. The van der Waals surface area contributed by atoms with E-state index >= 15 is 0 Å². The molecule has 1 amide bonds. The van der Waals surface area contributed by atoms with Crippen molar-refractivity contribution in [3.05, 3.63) is 59.8 Å². The molecule has 3 rings (SSSR count). The number of nitrogens with one attached hydrogen (secondary N) is 1. The predicted octanol–water partition coefficient (Wildman–Crippen LogP) is 3.29. The topological polar surface area (TPSA) is 72.2 Å². The van der Waals surface area contributed by atoms with Crippen molar-refractivity contribution in [2.45, 2.75) is 5.75 Å². The van der Waals surface area contributed by atoms with Crippen LogP contribution < -0.4 is 5.32 Å². The molecular formula is C16H14N2O3S2. The molecule has 0 unspecified atom stereocenters. The highest BCUT2D eigenvalue weighted by molar-refractivity contribution is 7.84. The van der Waals surface area contributed by atoms with Gasteiger partial charge in [0.2, 0.25) is 5.91 Å². The Morgan fingerprint density at radius 3 is 2.78 bits per heavy atom. The molecule has 1 atom stereocenters. The third-order valence-corrected chi connectivity index (χ3v) is 5.05. The number of amides is 1. The van der Waals surface area contributed by atoms with Gasteiger partial charge in [0.05, 0.1) is 17.7 Å². The third kappa shape index (κ3) is 4.37. The van der Waals surface area contributed by atoms with E-state index in [1.165, 1.54) is 11.3 Å². The first kappa shape index (κ1) is 15.6. The Morgan fingerprint density at radius 1 is 1.22 bits per heavy atom. The number of thiazole rings is 1. The quantitative estimate of drug-likeness (QED) is 0.743. The van der Waals surface area contributed by atoms with Crippen LogP contribution in [0.1, 0.15) is 5.69 Å². The van der Waals surface area contributed by atoms with E-state index < -0.39 is 10.8 Å². The van der Waals surface area contributed by atoms with Crippen molar-refractivity contribution in [2.24, 2.45) is 0 Å². The van der Waals surface area contributed by atoms with Gasteiger partial charge in [0.1, 0.15) is 5.75 Å². The number of nitrogens with zero attached hydrogens (tertiary/aromatic N) is 1. The fraction of sp³-hybridized carbons (Fsp3) is 0.125. The highest BCUT2D eigenvalue weighted by Crippen LogP contribution is 2.24. The highest BCUT2D eigenvalue weighted by Gasteiger charge is 2.12. The summed E-state index contributed by atoms with van der Waals surface area (Å²) >= 11 is 1.43. The summed E-state index contributed by atoms with van der Waals surface area (Å²) in [4.78, 5) is 16.3. The zero-order valence-electron chi connectivity index (χ0n) is 12.1. The van der Waals surface area contributed by atoms with Gasteiger partial charge in [-0.25, -0.2) is 4.98 Å². The lowest BCUT2D eigenvalue weighted by Gasteiger charge is -2.04.